The van der Waals surface area contributed by atoms with E-state index in [4.69, 9.17) is 0 Å². The molecule has 0 aromatic heterocycles. The molecule has 0 saturated heterocycles. The zero-order valence-electron chi connectivity index (χ0n) is 10.2. The summed E-state index contributed by atoms with van der Waals surface area (Å²) in [6.45, 7) is 12.8. The van der Waals surface area contributed by atoms with Crippen LogP contribution < -0.4 is 5.32 Å². The summed E-state index contributed by atoms with van der Waals surface area (Å²) in [4.78, 5) is 2.54. The van der Waals surface area contributed by atoms with Gasteiger partial charge in [0.25, 0.3) is 0 Å². The highest BCUT2D eigenvalue weighted by Crippen LogP contribution is 2.18. The van der Waals surface area contributed by atoms with Crippen LogP contribution in [0.1, 0.15) is 40.5 Å². The van der Waals surface area contributed by atoms with Crippen molar-refractivity contribution in [2.75, 3.05) is 19.6 Å². The molecule has 0 aromatic rings. The van der Waals surface area contributed by atoms with Crippen LogP contribution in [0.25, 0.3) is 0 Å². The molecule has 1 N–H and O–H groups in total. The van der Waals surface area contributed by atoms with Crippen LogP contribution in [0, 0.1) is 5.92 Å². The van der Waals surface area contributed by atoms with E-state index >= 15 is 0 Å². The van der Waals surface area contributed by atoms with Gasteiger partial charge < -0.3 is 10.2 Å². The van der Waals surface area contributed by atoms with E-state index in [2.05, 4.69) is 37.9 Å². The van der Waals surface area contributed by atoms with Crippen molar-refractivity contribution in [2.24, 2.45) is 5.92 Å². The lowest BCUT2D eigenvalue weighted by Crippen LogP contribution is -2.37. The van der Waals surface area contributed by atoms with E-state index in [1.165, 1.54) is 32.5 Å². The Morgan fingerprint density at radius 1 is 1.29 bits per heavy atom. The first kappa shape index (κ1) is 12.0. The minimum atomic E-state index is 0.684. The van der Waals surface area contributed by atoms with Gasteiger partial charge in [-0.1, -0.05) is 13.8 Å². The Kier molecular flexibility index (Phi) is 4.90. The summed E-state index contributed by atoms with van der Waals surface area (Å²) < 4.78 is 0. The molecule has 1 aliphatic rings. The van der Waals surface area contributed by atoms with Gasteiger partial charge in [-0.15, -0.1) is 0 Å². The van der Waals surface area contributed by atoms with Crippen molar-refractivity contribution in [3.8, 4) is 0 Å². The van der Waals surface area contributed by atoms with Crippen LogP contribution in [-0.2, 0) is 0 Å². The first-order valence-electron chi connectivity index (χ1n) is 6.11. The van der Waals surface area contributed by atoms with Crippen LogP contribution in [0.4, 0.5) is 0 Å². The second-order valence-electron chi connectivity index (χ2n) is 4.97. The minimum Gasteiger partial charge on any atom is -0.314 e. The third-order valence-corrected chi connectivity index (χ3v) is 3.01. The van der Waals surface area contributed by atoms with Gasteiger partial charge in [0.05, 0.1) is 0 Å². The summed E-state index contributed by atoms with van der Waals surface area (Å²) in [5.41, 5.74) is 0. The number of nitrogens with one attached hydrogen (secondary N) is 1. The van der Waals surface area contributed by atoms with E-state index in [1.807, 2.05) is 0 Å². The highest BCUT2D eigenvalue weighted by molar-refractivity contribution is 4.81. The Morgan fingerprint density at radius 2 is 1.93 bits per heavy atom. The number of hydrogen-bond donors (Lipinski definition) is 1. The molecule has 14 heavy (non-hydrogen) atoms. The van der Waals surface area contributed by atoms with Crippen LogP contribution in [0.5, 0.6) is 0 Å². The molecular formula is C12H26N2. The van der Waals surface area contributed by atoms with Crippen LogP contribution in [0.3, 0.4) is 0 Å². The van der Waals surface area contributed by atoms with Crippen molar-refractivity contribution in [1.29, 1.82) is 0 Å². The van der Waals surface area contributed by atoms with Gasteiger partial charge in [-0.2, -0.15) is 0 Å². The molecular weight excluding hydrogens is 172 g/mol. The Labute approximate surface area is 89.1 Å². The molecule has 1 aliphatic carbocycles. The molecule has 0 heterocycles. The van der Waals surface area contributed by atoms with Gasteiger partial charge in [-0.05, 0) is 45.7 Å². The Bertz CT molecular complexity index is 152. The van der Waals surface area contributed by atoms with Crippen molar-refractivity contribution in [3.63, 3.8) is 0 Å². The molecule has 0 spiro atoms. The normalized spacial score (nSPS) is 19.3. The summed E-state index contributed by atoms with van der Waals surface area (Å²) in [5, 5.41) is 3.60. The summed E-state index contributed by atoms with van der Waals surface area (Å²) in [6.07, 6.45) is 2.79. The minimum absolute atomic E-state index is 0.684. The van der Waals surface area contributed by atoms with E-state index in [9.17, 15) is 0 Å². The largest absolute Gasteiger partial charge is 0.314 e. The molecule has 0 radical (unpaired) electrons. The molecule has 1 unspecified atom stereocenters. The molecule has 2 nitrogen and oxygen atoms in total. The van der Waals surface area contributed by atoms with E-state index in [1.54, 1.807) is 0 Å². The highest BCUT2D eigenvalue weighted by atomic mass is 15.1. The van der Waals surface area contributed by atoms with Crippen LogP contribution in [0.2, 0.25) is 0 Å². The summed E-state index contributed by atoms with van der Waals surface area (Å²) in [6, 6.07) is 1.54. The van der Waals surface area contributed by atoms with Gasteiger partial charge >= 0.3 is 0 Å². The molecule has 0 aromatic carbocycles. The van der Waals surface area contributed by atoms with Gasteiger partial charge in [-0.25, -0.2) is 0 Å². The molecule has 0 amide bonds. The Balaban J connectivity index is 2.12. The topological polar surface area (TPSA) is 15.3 Å². The van der Waals surface area contributed by atoms with E-state index in [-0.39, 0.29) is 0 Å². The quantitative estimate of drug-likeness (QED) is 0.674. The molecule has 1 saturated carbocycles. The average Bonchev–Trinajstić information content (AvgIpc) is 2.93. The lowest BCUT2D eigenvalue weighted by atomic mass is 10.1. The molecule has 1 rings (SSSR count). The predicted octanol–water partition coefficient (Wildman–Crippen LogP) is 2.10. The Morgan fingerprint density at radius 3 is 2.36 bits per heavy atom. The van der Waals surface area contributed by atoms with Gasteiger partial charge in [-0.3, -0.25) is 0 Å². The van der Waals surface area contributed by atoms with Crippen molar-refractivity contribution in [1.82, 2.24) is 10.2 Å². The monoisotopic (exact) mass is 198 g/mol. The van der Waals surface area contributed by atoms with Crippen LogP contribution in [0.15, 0.2) is 0 Å². The van der Waals surface area contributed by atoms with Gasteiger partial charge in [0.2, 0.25) is 0 Å². The maximum Gasteiger partial charge on any atom is 0.00683 e. The molecule has 2 heteroatoms. The molecule has 84 valence electrons. The van der Waals surface area contributed by atoms with Gasteiger partial charge in [0.1, 0.15) is 0 Å². The van der Waals surface area contributed by atoms with E-state index in [0.29, 0.717) is 6.04 Å². The van der Waals surface area contributed by atoms with Crippen LogP contribution >= 0.6 is 0 Å². The fourth-order valence-corrected chi connectivity index (χ4v) is 1.83. The van der Waals surface area contributed by atoms with Gasteiger partial charge in [0.15, 0.2) is 0 Å². The fourth-order valence-electron chi connectivity index (χ4n) is 1.83. The van der Waals surface area contributed by atoms with E-state index < -0.39 is 0 Å². The zero-order chi connectivity index (χ0) is 10.6. The Hall–Kier alpha value is -0.0800. The van der Waals surface area contributed by atoms with Crippen LogP contribution in [-0.4, -0.2) is 36.6 Å². The lowest BCUT2D eigenvalue weighted by Gasteiger charge is -2.28. The zero-order valence-corrected chi connectivity index (χ0v) is 10.2. The SMILES string of the molecule is CCN(CC(C)CNC1CC1)C(C)C. The first-order chi connectivity index (χ1) is 6.63. The average molecular weight is 198 g/mol. The maximum atomic E-state index is 3.60. The molecule has 1 fully saturated rings. The molecule has 0 bridgehead atoms. The lowest BCUT2D eigenvalue weighted by molar-refractivity contribution is 0.200. The van der Waals surface area contributed by atoms with Crippen molar-refractivity contribution >= 4 is 0 Å². The van der Waals surface area contributed by atoms with Crippen molar-refractivity contribution < 1.29 is 0 Å². The van der Waals surface area contributed by atoms with E-state index in [0.717, 1.165) is 12.0 Å². The third kappa shape index (κ3) is 4.43. The fraction of sp³-hybridized carbons (Fsp3) is 1.00. The summed E-state index contributed by atoms with van der Waals surface area (Å²) >= 11 is 0. The molecule has 1 atom stereocenters. The van der Waals surface area contributed by atoms with Crippen molar-refractivity contribution in [2.45, 2.75) is 52.6 Å². The first-order valence-corrected chi connectivity index (χ1v) is 6.11. The van der Waals surface area contributed by atoms with Crippen molar-refractivity contribution in [3.05, 3.63) is 0 Å². The molecule has 0 aliphatic heterocycles. The second kappa shape index (κ2) is 5.72. The third-order valence-electron chi connectivity index (χ3n) is 3.01. The number of hydrogen-bond acceptors (Lipinski definition) is 2. The second-order valence-corrected chi connectivity index (χ2v) is 4.97. The smallest absolute Gasteiger partial charge is 0.00683 e. The number of nitrogens with zero attached hydrogens (tertiary/aromatic N) is 1. The standard InChI is InChI=1S/C12H26N2/c1-5-14(10(2)3)9-11(4)8-13-12-6-7-12/h10-13H,5-9H2,1-4H3. The van der Waals surface area contributed by atoms with Gasteiger partial charge in [0, 0.05) is 18.6 Å². The highest BCUT2D eigenvalue weighted by Gasteiger charge is 2.21. The summed E-state index contributed by atoms with van der Waals surface area (Å²) in [5.74, 6) is 0.776. The maximum absolute atomic E-state index is 3.60. The predicted molar refractivity (Wildman–Crippen MR) is 62.6 cm³/mol. The summed E-state index contributed by atoms with van der Waals surface area (Å²) in [7, 11) is 0. The number of rotatable bonds is 7.